The van der Waals surface area contributed by atoms with Crippen molar-refractivity contribution in [3.05, 3.63) is 29.6 Å². The third-order valence-corrected chi connectivity index (χ3v) is 5.35. The van der Waals surface area contributed by atoms with Crippen molar-refractivity contribution >= 4 is 11.8 Å². The van der Waals surface area contributed by atoms with E-state index in [0.29, 0.717) is 23.9 Å². The molecule has 1 saturated heterocycles. The first-order chi connectivity index (χ1) is 12.4. The predicted octanol–water partition coefficient (Wildman–Crippen LogP) is 2.40. The second-order valence-electron chi connectivity index (χ2n) is 7.93. The monoisotopic (exact) mass is 359 g/mol. The molecular formula is C20H29N3O3. The summed E-state index contributed by atoms with van der Waals surface area (Å²) in [6.45, 7) is 6.82. The third kappa shape index (κ3) is 4.61. The minimum atomic E-state index is -0.290. The molecule has 0 aromatic carbocycles. The summed E-state index contributed by atoms with van der Waals surface area (Å²) in [4.78, 5) is 28.6. The Hall–Kier alpha value is -1.95. The molecule has 2 N–H and O–H groups in total. The van der Waals surface area contributed by atoms with Crippen molar-refractivity contribution in [3.8, 4) is 0 Å². The number of ether oxygens (including phenoxy) is 1. The molecule has 1 aromatic heterocycles. The van der Waals surface area contributed by atoms with E-state index in [1.54, 1.807) is 12.4 Å². The summed E-state index contributed by atoms with van der Waals surface area (Å²) in [5.41, 5.74) is 1.68. The van der Waals surface area contributed by atoms with Gasteiger partial charge >= 0.3 is 0 Å². The van der Waals surface area contributed by atoms with Crippen LogP contribution < -0.4 is 10.6 Å². The minimum Gasteiger partial charge on any atom is -0.365 e. The molecule has 0 unspecified atom stereocenters. The number of carbonyl (C=O) groups is 2. The summed E-state index contributed by atoms with van der Waals surface area (Å²) in [6, 6.07) is 2.08. The van der Waals surface area contributed by atoms with Crippen molar-refractivity contribution in [3.63, 3.8) is 0 Å². The SMILES string of the molecule is CC(C)c1cncc(C(=O)NC2CC(CNC(=O)[C@@H]3CC[C@H](C)O3)C2)c1. The zero-order chi connectivity index (χ0) is 18.7. The molecule has 0 spiro atoms. The van der Waals surface area contributed by atoms with E-state index >= 15 is 0 Å². The maximum atomic E-state index is 12.4. The van der Waals surface area contributed by atoms with Crippen LogP contribution in [0.1, 0.15) is 68.3 Å². The molecule has 0 bridgehead atoms. The number of hydrogen-bond acceptors (Lipinski definition) is 4. The maximum absolute atomic E-state index is 12.4. The fraction of sp³-hybridized carbons (Fsp3) is 0.650. The van der Waals surface area contributed by atoms with Crippen molar-refractivity contribution in [1.82, 2.24) is 15.6 Å². The largest absolute Gasteiger partial charge is 0.365 e. The van der Waals surface area contributed by atoms with Gasteiger partial charge in [0.25, 0.3) is 5.91 Å². The number of nitrogens with one attached hydrogen (secondary N) is 2. The quantitative estimate of drug-likeness (QED) is 0.817. The molecule has 1 aliphatic carbocycles. The van der Waals surface area contributed by atoms with Gasteiger partial charge in [0.1, 0.15) is 6.10 Å². The van der Waals surface area contributed by atoms with Gasteiger partial charge in [0.05, 0.1) is 11.7 Å². The zero-order valence-corrected chi connectivity index (χ0v) is 15.8. The molecule has 2 aliphatic rings. The van der Waals surface area contributed by atoms with Crippen LogP contribution in [0.25, 0.3) is 0 Å². The Morgan fingerprint density at radius 1 is 1.27 bits per heavy atom. The van der Waals surface area contributed by atoms with Gasteiger partial charge in [-0.3, -0.25) is 14.6 Å². The standard InChI is InChI=1S/C20H29N3O3/c1-12(2)15-8-16(11-21-10-15)19(24)23-17-6-14(7-17)9-22-20(25)18-5-4-13(3)26-18/h8,10-14,17-18H,4-7,9H2,1-3H3,(H,22,25)(H,23,24)/t13-,14?,17?,18-/m0/s1. The summed E-state index contributed by atoms with van der Waals surface area (Å²) in [7, 11) is 0. The topological polar surface area (TPSA) is 80.3 Å². The highest BCUT2D eigenvalue weighted by Crippen LogP contribution is 2.27. The summed E-state index contributed by atoms with van der Waals surface area (Å²) < 4.78 is 5.58. The average molecular weight is 359 g/mol. The first kappa shape index (κ1) is 18.8. The number of nitrogens with zero attached hydrogens (tertiary/aromatic N) is 1. The van der Waals surface area contributed by atoms with Crippen LogP contribution in [0.15, 0.2) is 18.5 Å². The van der Waals surface area contributed by atoms with E-state index < -0.39 is 0 Å². The lowest BCUT2D eigenvalue weighted by molar-refractivity contribution is -0.132. The molecule has 1 saturated carbocycles. The second kappa shape index (κ2) is 8.16. The molecule has 2 fully saturated rings. The fourth-order valence-corrected chi connectivity index (χ4v) is 3.54. The minimum absolute atomic E-state index is 0.00147. The van der Waals surface area contributed by atoms with Crippen LogP contribution in [0, 0.1) is 5.92 Å². The molecule has 26 heavy (non-hydrogen) atoms. The van der Waals surface area contributed by atoms with E-state index in [2.05, 4.69) is 29.5 Å². The molecule has 6 nitrogen and oxygen atoms in total. The van der Waals surface area contributed by atoms with Crippen LogP contribution >= 0.6 is 0 Å². The van der Waals surface area contributed by atoms with E-state index in [9.17, 15) is 9.59 Å². The predicted molar refractivity (Wildman–Crippen MR) is 98.9 cm³/mol. The van der Waals surface area contributed by atoms with E-state index in [1.165, 1.54) is 0 Å². The van der Waals surface area contributed by atoms with Gasteiger partial charge in [0.15, 0.2) is 0 Å². The van der Waals surface area contributed by atoms with Crippen molar-refractivity contribution in [1.29, 1.82) is 0 Å². The lowest BCUT2D eigenvalue weighted by Crippen LogP contribution is -2.48. The van der Waals surface area contributed by atoms with Crippen LogP contribution in [0.5, 0.6) is 0 Å². The lowest BCUT2D eigenvalue weighted by Gasteiger charge is -2.36. The Morgan fingerprint density at radius 3 is 2.69 bits per heavy atom. The summed E-state index contributed by atoms with van der Waals surface area (Å²) >= 11 is 0. The van der Waals surface area contributed by atoms with E-state index in [-0.39, 0.29) is 30.1 Å². The highest BCUT2D eigenvalue weighted by Gasteiger charge is 2.33. The second-order valence-corrected chi connectivity index (χ2v) is 7.93. The molecule has 2 atom stereocenters. The van der Waals surface area contributed by atoms with Crippen molar-refractivity contribution in [2.45, 2.75) is 70.6 Å². The van der Waals surface area contributed by atoms with Gasteiger partial charge in [-0.2, -0.15) is 0 Å². The number of rotatable bonds is 6. The van der Waals surface area contributed by atoms with E-state index in [1.807, 2.05) is 13.0 Å². The van der Waals surface area contributed by atoms with Gasteiger partial charge < -0.3 is 15.4 Å². The molecule has 142 valence electrons. The molecule has 1 aromatic rings. The Balaban J connectivity index is 1.38. The van der Waals surface area contributed by atoms with Crippen molar-refractivity contribution in [2.24, 2.45) is 5.92 Å². The van der Waals surface area contributed by atoms with Crippen LogP contribution in [-0.2, 0) is 9.53 Å². The van der Waals surface area contributed by atoms with E-state index in [0.717, 1.165) is 31.2 Å². The number of aromatic nitrogens is 1. The lowest BCUT2D eigenvalue weighted by atomic mass is 9.80. The normalized spacial score (nSPS) is 27.8. The summed E-state index contributed by atoms with van der Waals surface area (Å²) in [5, 5.41) is 6.05. The van der Waals surface area contributed by atoms with Crippen molar-refractivity contribution < 1.29 is 14.3 Å². The molecule has 6 heteroatoms. The molecule has 0 radical (unpaired) electrons. The van der Waals surface area contributed by atoms with E-state index in [4.69, 9.17) is 4.74 Å². The average Bonchev–Trinajstić information content (AvgIpc) is 3.03. The number of carbonyl (C=O) groups excluding carboxylic acids is 2. The Bertz CT molecular complexity index is 655. The highest BCUT2D eigenvalue weighted by atomic mass is 16.5. The van der Waals surface area contributed by atoms with Crippen LogP contribution in [0.4, 0.5) is 0 Å². The maximum Gasteiger partial charge on any atom is 0.253 e. The first-order valence-corrected chi connectivity index (χ1v) is 9.61. The zero-order valence-electron chi connectivity index (χ0n) is 15.8. The molecule has 2 amide bonds. The van der Waals surface area contributed by atoms with Gasteiger partial charge in [-0.05, 0) is 56.1 Å². The summed E-state index contributed by atoms with van der Waals surface area (Å²) in [6.07, 6.45) is 6.84. The van der Waals surface area contributed by atoms with Crippen molar-refractivity contribution in [2.75, 3.05) is 6.54 Å². The van der Waals surface area contributed by atoms with Gasteiger partial charge in [0, 0.05) is 25.0 Å². The molecule has 1 aliphatic heterocycles. The van der Waals surface area contributed by atoms with Crippen LogP contribution in [0.3, 0.4) is 0 Å². The Morgan fingerprint density at radius 2 is 2.04 bits per heavy atom. The smallest absolute Gasteiger partial charge is 0.253 e. The van der Waals surface area contributed by atoms with Crippen LogP contribution in [0.2, 0.25) is 0 Å². The summed E-state index contributed by atoms with van der Waals surface area (Å²) in [5.74, 6) is 0.696. The highest BCUT2D eigenvalue weighted by molar-refractivity contribution is 5.94. The molecular weight excluding hydrogens is 330 g/mol. The van der Waals surface area contributed by atoms with Crippen LogP contribution in [-0.4, -0.2) is 41.6 Å². The first-order valence-electron chi connectivity index (χ1n) is 9.61. The third-order valence-electron chi connectivity index (χ3n) is 5.35. The Labute approximate surface area is 155 Å². The number of pyridine rings is 1. The van der Waals surface area contributed by atoms with Gasteiger partial charge in [-0.25, -0.2) is 0 Å². The fourth-order valence-electron chi connectivity index (χ4n) is 3.54. The van der Waals surface area contributed by atoms with Gasteiger partial charge in [0.2, 0.25) is 5.91 Å². The Kier molecular flexibility index (Phi) is 5.91. The van der Waals surface area contributed by atoms with Gasteiger partial charge in [-0.15, -0.1) is 0 Å². The molecule has 2 heterocycles. The number of amides is 2. The molecule has 3 rings (SSSR count). The number of hydrogen-bond donors (Lipinski definition) is 2. The van der Waals surface area contributed by atoms with Gasteiger partial charge in [-0.1, -0.05) is 13.8 Å².